The number of halogens is 3. The van der Waals surface area contributed by atoms with Crippen LogP contribution in [0.1, 0.15) is 19.3 Å². The fourth-order valence-corrected chi connectivity index (χ4v) is 1.03. The highest BCUT2D eigenvalue weighted by molar-refractivity contribution is 5.77. The Labute approximate surface area is 93.1 Å². The summed E-state index contributed by atoms with van der Waals surface area (Å²) in [6.45, 7) is 4.44. The van der Waals surface area contributed by atoms with Gasteiger partial charge in [-0.05, 0) is 12.8 Å². The summed E-state index contributed by atoms with van der Waals surface area (Å²) in [5.41, 5.74) is 0. The first kappa shape index (κ1) is 15.0. The Morgan fingerprint density at radius 1 is 1.31 bits per heavy atom. The van der Waals surface area contributed by atoms with Crippen LogP contribution in [0.15, 0.2) is 12.7 Å². The molecule has 0 aliphatic heterocycles. The summed E-state index contributed by atoms with van der Waals surface area (Å²) in [4.78, 5) is 11.0. The highest BCUT2D eigenvalue weighted by Gasteiger charge is 2.25. The van der Waals surface area contributed by atoms with Gasteiger partial charge in [0.2, 0.25) is 5.91 Å². The zero-order valence-corrected chi connectivity index (χ0v) is 9.07. The van der Waals surface area contributed by atoms with Crippen molar-refractivity contribution in [2.24, 2.45) is 0 Å². The van der Waals surface area contributed by atoms with Gasteiger partial charge in [-0.2, -0.15) is 13.2 Å². The van der Waals surface area contributed by atoms with Crippen molar-refractivity contribution in [2.75, 3.05) is 19.6 Å². The van der Waals surface area contributed by atoms with Crippen molar-refractivity contribution < 1.29 is 18.0 Å². The maximum Gasteiger partial charge on any atom is 0.389 e. The lowest BCUT2D eigenvalue weighted by molar-refractivity contribution is -0.135. The normalized spacial score (nSPS) is 11.2. The number of carbonyl (C=O) groups excluding carboxylic acids is 1. The van der Waals surface area contributed by atoms with Crippen molar-refractivity contribution in [2.45, 2.75) is 25.4 Å². The van der Waals surface area contributed by atoms with Crippen LogP contribution in [-0.2, 0) is 4.79 Å². The third-order valence-electron chi connectivity index (χ3n) is 1.78. The molecule has 0 heterocycles. The van der Waals surface area contributed by atoms with Crippen molar-refractivity contribution in [3.63, 3.8) is 0 Å². The van der Waals surface area contributed by atoms with Crippen molar-refractivity contribution in [3.05, 3.63) is 12.7 Å². The highest BCUT2D eigenvalue weighted by Crippen LogP contribution is 2.21. The number of nitrogens with one attached hydrogen (secondary N) is 2. The second kappa shape index (κ2) is 8.15. The molecule has 0 radical (unpaired) electrons. The zero-order valence-electron chi connectivity index (χ0n) is 9.07. The smallest absolute Gasteiger partial charge is 0.355 e. The molecule has 0 aromatic rings. The minimum atomic E-state index is -4.10. The van der Waals surface area contributed by atoms with Crippen LogP contribution in [0.5, 0.6) is 0 Å². The SMILES string of the molecule is C=CCNCC(=O)NCCCCC(F)(F)F. The molecule has 0 spiro atoms. The van der Waals surface area contributed by atoms with Crippen molar-refractivity contribution in [1.29, 1.82) is 0 Å². The van der Waals surface area contributed by atoms with Gasteiger partial charge in [-0.25, -0.2) is 0 Å². The molecule has 1 amide bonds. The molecule has 6 heteroatoms. The molecule has 0 fully saturated rings. The number of carbonyl (C=O) groups is 1. The van der Waals surface area contributed by atoms with Gasteiger partial charge >= 0.3 is 6.18 Å². The molecule has 94 valence electrons. The summed E-state index contributed by atoms with van der Waals surface area (Å²) in [5, 5.41) is 5.31. The number of amides is 1. The largest absolute Gasteiger partial charge is 0.389 e. The number of alkyl halides is 3. The van der Waals surface area contributed by atoms with Gasteiger partial charge in [0.15, 0.2) is 0 Å². The molecular weight excluding hydrogens is 221 g/mol. The van der Waals surface area contributed by atoms with Gasteiger partial charge in [-0.1, -0.05) is 6.08 Å². The number of hydrogen-bond acceptors (Lipinski definition) is 2. The molecule has 0 bridgehead atoms. The lowest BCUT2D eigenvalue weighted by Crippen LogP contribution is -2.34. The van der Waals surface area contributed by atoms with E-state index in [9.17, 15) is 18.0 Å². The molecule has 0 rings (SSSR count). The molecule has 0 unspecified atom stereocenters. The molecule has 0 aromatic carbocycles. The molecule has 16 heavy (non-hydrogen) atoms. The average Bonchev–Trinajstić information content (AvgIpc) is 2.16. The first-order valence-electron chi connectivity index (χ1n) is 5.11. The Hall–Kier alpha value is -1.04. The summed E-state index contributed by atoms with van der Waals surface area (Å²) >= 11 is 0. The van der Waals surface area contributed by atoms with E-state index in [1.54, 1.807) is 6.08 Å². The van der Waals surface area contributed by atoms with E-state index in [2.05, 4.69) is 17.2 Å². The molecule has 2 N–H and O–H groups in total. The van der Waals surface area contributed by atoms with Crippen LogP contribution in [0, 0.1) is 0 Å². The Balaban J connectivity index is 3.31. The lowest BCUT2D eigenvalue weighted by atomic mass is 10.2. The van der Waals surface area contributed by atoms with Crippen LogP contribution in [0.25, 0.3) is 0 Å². The third-order valence-corrected chi connectivity index (χ3v) is 1.78. The Morgan fingerprint density at radius 2 is 2.00 bits per heavy atom. The Bertz CT molecular complexity index is 217. The minimum absolute atomic E-state index is 0.0455. The minimum Gasteiger partial charge on any atom is -0.355 e. The molecule has 0 aliphatic rings. The number of hydrogen-bond donors (Lipinski definition) is 2. The quantitative estimate of drug-likeness (QED) is 0.498. The van der Waals surface area contributed by atoms with E-state index >= 15 is 0 Å². The van der Waals surface area contributed by atoms with Gasteiger partial charge in [0.05, 0.1) is 6.54 Å². The van der Waals surface area contributed by atoms with E-state index in [0.29, 0.717) is 13.0 Å². The van der Waals surface area contributed by atoms with Gasteiger partial charge in [-0.3, -0.25) is 4.79 Å². The monoisotopic (exact) mass is 238 g/mol. The Morgan fingerprint density at radius 3 is 2.56 bits per heavy atom. The fraction of sp³-hybridized carbons (Fsp3) is 0.700. The standard InChI is InChI=1S/C10H17F3N2O/c1-2-6-14-8-9(16)15-7-4-3-5-10(11,12)13/h2,14H,1,3-8H2,(H,15,16). The van der Waals surface area contributed by atoms with Gasteiger partial charge in [0.25, 0.3) is 0 Å². The van der Waals surface area contributed by atoms with Crippen molar-refractivity contribution >= 4 is 5.91 Å². The topological polar surface area (TPSA) is 41.1 Å². The van der Waals surface area contributed by atoms with Crippen LogP contribution in [0.4, 0.5) is 13.2 Å². The third kappa shape index (κ3) is 11.0. The highest BCUT2D eigenvalue weighted by atomic mass is 19.4. The molecule has 0 atom stereocenters. The molecule has 3 nitrogen and oxygen atoms in total. The van der Waals surface area contributed by atoms with Crippen molar-refractivity contribution in [1.82, 2.24) is 10.6 Å². The summed E-state index contributed by atoms with van der Waals surface area (Å²) < 4.78 is 35.2. The lowest BCUT2D eigenvalue weighted by Gasteiger charge is -2.07. The predicted octanol–water partition coefficient (Wildman–Crippen LogP) is 1.61. The second-order valence-corrected chi connectivity index (χ2v) is 3.34. The second-order valence-electron chi connectivity index (χ2n) is 3.34. The van der Waals surface area contributed by atoms with Crippen LogP contribution in [0.2, 0.25) is 0 Å². The maximum atomic E-state index is 11.7. The van der Waals surface area contributed by atoms with E-state index in [1.807, 2.05) is 0 Å². The molecule has 0 aromatic heterocycles. The van der Waals surface area contributed by atoms with Crippen LogP contribution in [0.3, 0.4) is 0 Å². The zero-order chi connectivity index (χ0) is 12.4. The van der Waals surface area contributed by atoms with Gasteiger partial charge < -0.3 is 10.6 Å². The maximum absolute atomic E-state index is 11.7. The van der Waals surface area contributed by atoms with E-state index < -0.39 is 12.6 Å². The predicted molar refractivity (Wildman–Crippen MR) is 56.0 cm³/mol. The summed E-state index contributed by atoms with van der Waals surface area (Å²) in [7, 11) is 0. The molecule has 0 saturated heterocycles. The van der Waals surface area contributed by atoms with Crippen LogP contribution >= 0.6 is 0 Å². The summed E-state index contributed by atoms with van der Waals surface area (Å²) in [5.74, 6) is -0.214. The summed E-state index contributed by atoms with van der Waals surface area (Å²) in [6, 6.07) is 0. The molecular formula is C10H17F3N2O. The number of unbranched alkanes of at least 4 members (excludes halogenated alkanes) is 1. The van der Waals surface area contributed by atoms with E-state index in [-0.39, 0.29) is 25.4 Å². The summed E-state index contributed by atoms with van der Waals surface area (Å²) in [6.07, 6.45) is -2.89. The van der Waals surface area contributed by atoms with Gasteiger partial charge in [0, 0.05) is 19.5 Å². The van der Waals surface area contributed by atoms with E-state index in [0.717, 1.165) is 0 Å². The van der Waals surface area contributed by atoms with Crippen LogP contribution < -0.4 is 10.6 Å². The first-order valence-corrected chi connectivity index (χ1v) is 5.11. The average molecular weight is 238 g/mol. The first-order chi connectivity index (χ1) is 7.45. The molecule has 0 saturated carbocycles. The fourth-order valence-electron chi connectivity index (χ4n) is 1.03. The van der Waals surface area contributed by atoms with E-state index in [1.165, 1.54) is 0 Å². The number of rotatable bonds is 8. The van der Waals surface area contributed by atoms with E-state index in [4.69, 9.17) is 0 Å². The van der Waals surface area contributed by atoms with Gasteiger partial charge in [0.1, 0.15) is 0 Å². The Kier molecular flexibility index (Phi) is 7.62. The van der Waals surface area contributed by atoms with Gasteiger partial charge in [-0.15, -0.1) is 6.58 Å². The van der Waals surface area contributed by atoms with Crippen molar-refractivity contribution in [3.8, 4) is 0 Å². The molecule has 0 aliphatic carbocycles. The van der Waals surface area contributed by atoms with Crippen LogP contribution in [-0.4, -0.2) is 31.7 Å².